The molecule has 9 rings (SSSR count). The molecule has 2 amide bonds. The first-order valence-electron chi connectivity index (χ1n) is 20.4. The number of nitrogens with zero attached hydrogens (tertiary/aromatic N) is 6. The SMILES string of the molecule is CC(=O)N1CCC2(CC1)C(=O)N(C1CC(N3CCCCC3)C1)c1cc(-c3cc4ncn(C(C)C)c4c(Nc4cc(C(O)NC5CC5)c(C)cc4F)n3)ccc12. The summed E-state index contributed by atoms with van der Waals surface area (Å²) in [6.45, 7) is 11.0. The number of hydrogen-bond donors (Lipinski definition) is 3. The molecule has 2 saturated carbocycles. The van der Waals surface area contributed by atoms with Gasteiger partial charge in [0.15, 0.2) is 5.82 Å². The summed E-state index contributed by atoms with van der Waals surface area (Å²) in [4.78, 5) is 43.6. The van der Waals surface area contributed by atoms with Crippen molar-refractivity contribution in [3.63, 3.8) is 0 Å². The molecule has 290 valence electrons. The lowest BCUT2D eigenvalue weighted by atomic mass is 9.73. The Balaban J connectivity index is 1.10. The zero-order valence-electron chi connectivity index (χ0n) is 32.4. The van der Waals surface area contributed by atoms with Crippen molar-refractivity contribution < 1.29 is 19.1 Å². The maximum absolute atomic E-state index is 15.7. The maximum atomic E-state index is 15.7. The number of carbonyl (C=O) groups is 2. The number of piperidine rings is 2. The molecule has 0 radical (unpaired) electrons. The molecule has 2 aromatic carbocycles. The van der Waals surface area contributed by atoms with Gasteiger partial charge in [-0.15, -0.1) is 0 Å². The van der Waals surface area contributed by atoms with Gasteiger partial charge < -0.3 is 29.7 Å². The van der Waals surface area contributed by atoms with E-state index >= 15 is 4.39 Å². The Hall–Kier alpha value is -4.39. The number of benzene rings is 2. The molecule has 2 saturated heterocycles. The molecule has 2 aromatic heterocycles. The first kappa shape index (κ1) is 36.3. The molecule has 4 fully saturated rings. The maximum Gasteiger partial charge on any atom is 0.238 e. The van der Waals surface area contributed by atoms with Gasteiger partial charge in [-0.2, -0.15) is 0 Å². The van der Waals surface area contributed by atoms with Crippen molar-refractivity contribution in [3.05, 3.63) is 65.2 Å². The number of likely N-dealkylation sites (tertiary alicyclic amines) is 2. The molecule has 0 bridgehead atoms. The van der Waals surface area contributed by atoms with Gasteiger partial charge in [0, 0.05) is 61.0 Å². The Bertz CT molecular complexity index is 2140. The highest BCUT2D eigenvalue weighted by Gasteiger charge is 2.55. The third kappa shape index (κ3) is 6.39. The van der Waals surface area contributed by atoms with Crippen LogP contribution >= 0.6 is 0 Å². The highest BCUT2D eigenvalue weighted by Crippen LogP contribution is 2.52. The van der Waals surface area contributed by atoms with Crippen molar-refractivity contribution in [1.82, 2.24) is 29.7 Å². The summed E-state index contributed by atoms with van der Waals surface area (Å²) in [5.74, 6) is 0.235. The van der Waals surface area contributed by atoms with Gasteiger partial charge in [-0.05, 0) is 121 Å². The van der Waals surface area contributed by atoms with Crippen LogP contribution < -0.4 is 15.5 Å². The van der Waals surface area contributed by atoms with Crippen molar-refractivity contribution in [2.75, 3.05) is 36.4 Å². The summed E-state index contributed by atoms with van der Waals surface area (Å²) in [5, 5.41) is 17.5. The Morgan fingerprint density at radius 2 is 1.75 bits per heavy atom. The second kappa shape index (κ2) is 14.0. The molecule has 1 atom stereocenters. The van der Waals surface area contributed by atoms with E-state index in [1.165, 1.54) is 25.3 Å². The van der Waals surface area contributed by atoms with Crippen molar-refractivity contribution >= 4 is 40.0 Å². The molecule has 4 aromatic rings. The van der Waals surface area contributed by atoms with Gasteiger partial charge in [-0.3, -0.25) is 14.9 Å². The summed E-state index contributed by atoms with van der Waals surface area (Å²) in [6.07, 6.45) is 9.84. The number of aliphatic hydroxyl groups is 1. The molecule has 5 heterocycles. The van der Waals surface area contributed by atoms with Crippen LogP contribution in [-0.2, 0) is 15.0 Å². The fraction of sp³-hybridized carbons (Fsp3) is 0.535. The lowest BCUT2D eigenvalue weighted by Gasteiger charge is -2.48. The minimum atomic E-state index is -0.907. The van der Waals surface area contributed by atoms with Crippen LogP contribution in [0.4, 0.5) is 21.6 Å². The number of halogens is 1. The van der Waals surface area contributed by atoms with Crippen LogP contribution in [0.1, 0.15) is 108 Å². The molecule has 2 aliphatic carbocycles. The number of amides is 2. The number of rotatable bonds is 9. The summed E-state index contributed by atoms with van der Waals surface area (Å²) in [6, 6.07) is 12.3. The van der Waals surface area contributed by atoms with Crippen molar-refractivity contribution in [1.29, 1.82) is 0 Å². The van der Waals surface area contributed by atoms with Crippen LogP contribution in [0.2, 0.25) is 0 Å². The lowest BCUT2D eigenvalue weighted by Crippen LogP contribution is -2.58. The van der Waals surface area contributed by atoms with E-state index in [0.29, 0.717) is 60.1 Å². The van der Waals surface area contributed by atoms with Gasteiger partial charge in [0.05, 0.1) is 28.6 Å². The number of anilines is 3. The van der Waals surface area contributed by atoms with Crippen LogP contribution in [0, 0.1) is 12.7 Å². The number of pyridine rings is 1. The third-order valence-corrected chi connectivity index (χ3v) is 13.1. The van der Waals surface area contributed by atoms with Crippen molar-refractivity contribution in [2.45, 2.75) is 121 Å². The van der Waals surface area contributed by atoms with Crippen LogP contribution in [0.15, 0.2) is 42.7 Å². The van der Waals surface area contributed by atoms with E-state index in [1.807, 2.05) is 21.6 Å². The van der Waals surface area contributed by atoms with E-state index in [4.69, 9.17) is 9.97 Å². The first-order chi connectivity index (χ1) is 26.5. The number of hydrogen-bond acceptors (Lipinski definition) is 8. The van der Waals surface area contributed by atoms with Crippen molar-refractivity contribution in [2.24, 2.45) is 0 Å². The second-order valence-corrected chi connectivity index (χ2v) is 17.0. The van der Waals surface area contributed by atoms with E-state index < -0.39 is 17.5 Å². The fourth-order valence-electron chi connectivity index (χ4n) is 9.61. The zero-order chi connectivity index (χ0) is 38.2. The molecule has 5 aliphatic rings. The van der Waals surface area contributed by atoms with Gasteiger partial charge in [0.25, 0.3) is 0 Å². The average Bonchev–Trinajstić information content (AvgIpc) is 3.81. The molecule has 12 heteroatoms. The van der Waals surface area contributed by atoms with Crippen LogP contribution in [-0.4, -0.2) is 85.6 Å². The minimum Gasteiger partial charge on any atom is -0.374 e. The number of aliphatic hydroxyl groups excluding tert-OH is 1. The normalized spacial score (nSPS) is 23.1. The molecule has 1 spiro atoms. The number of nitrogens with one attached hydrogen (secondary N) is 2. The highest BCUT2D eigenvalue weighted by molar-refractivity contribution is 6.09. The topological polar surface area (TPSA) is 119 Å². The summed E-state index contributed by atoms with van der Waals surface area (Å²) in [7, 11) is 0. The number of aromatic nitrogens is 3. The third-order valence-electron chi connectivity index (χ3n) is 13.1. The first-order valence-corrected chi connectivity index (χ1v) is 20.4. The van der Waals surface area contributed by atoms with Gasteiger partial charge in [-0.25, -0.2) is 14.4 Å². The molecule has 55 heavy (non-hydrogen) atoms. The minimum absolute atomic E-state index is 0.0507. The number of fused-ring (bicyclic) bond motifs is 3. The second-order valence-electron chi connectivity index (χ2n) is 17.0. The lowest BCUT2D eigenvalue weighted by molar-refractivity contribution is -0.134. The van der Waals surface area contributed by atoms with Crippen LogP contribution in [0.3, 0.4) is 0 Å². The van der Waals surface area contributed by atoms with E-state index in [0.717, 1.165) is 61.1 Å². The molecule has 3 aliphatic heterocycles. The van der Waals surface area contributed by atoms with E-state index in [1.54, 1.807) is 26.2 Å². The monoisotopic (exact) mass is 748 g/mol. The van der Waals surface area contributed by atoms with Crippen molar-refractivity contribution in [3.8, 4) is 11.3 Å². The number of carbonyl (C=O) groups excluding carboxylic acids is 2. The largest absolute Gasteiger partial charge is 0.374 e. The van der Waals surface area contributed by atoms with Crippen LogP contribution in [0.25, 0.3) is 22.3 Å². The smallest absolute Gasteiger partial charge is 0.238 e. The van der Waals surface area contributed by atoms with Crippen LogP contribution in [0.5, 0.6) is 0 Å². The Morgan fingerprint density at radius 3 is 2.44 bits per heavy atom. The number of imidazole rings is 1. The summed E-state index contributed by atoms with van der Waals surface area (Å²) < 4.78 is 17.7. The van der Waals surface area contributed by atoms with Gasteiger partial charge in [-0.1, -0.05) is 18.6 Å². The van der Waals surface area contributed by atoms with Gasteiger partial charge in [0.1, 0.15) is 17.6 Å². The Morgan fingerprint density at radius 1 is 1.00 bits per heavy atom. The van der Waals surface area contributed by atoms with Gasteiger partial charge in [0.2, 0.25) is 11.8 Å². The van der Waals surface area contributed by atoms with Gasteiger partial charge >= 0.3 is 0 Å². The Labute approximate surface area is 322 Å². The summed E-state index contributed by atoms with van der Waals surface area (Å²) >= 11 is 0. The molecular weight excluding hydrogens is 696 g/mol. The summed E-state index contributed by atoms with van der Waals surface area (Å²) in [5.41, 5.74) is 5.81. The zero-order valence-corrected chi connectivity index (χ0v) is 32.4. The number of aryl methyl sites for hydroxylation is 1. The molecule has 1 unspecified atom stereocenters. The molecule has 3 N–H and O–H groups in total. The standard InChI is InChI=1S/C43H53FN8O3/c1-25(2)51-24-45-37-23-35(47-40(39(37)51)48-36-22-32(26(3)18-34(36)44)41(54)46-29-9-10-29)28-8-11-33-38(19-28)52(31-20-30(21-31)50-14-6-5-7-15-50)42(55)43(33)12-16-49(17-13-43)27(4)53/h8,11,18-19,22-25,29-31,41,46,54H,5-7,9-10,12-17,20-21H2,1-4H3,(H,47,48). The quantitative estimate of drug-likeness (QED) is 0.159. The fourth-order valence-corrected chi connectivity index (χ4v) is 9.61. The molecule has 11 nitrogen and oxygen atoms in total. The van der Waals surface area contributed by atoms with E-state index in [9.17, 15) is 14.7 Å². The predicted octanol–water partition coefficient (Wildman–Crippen LogP) is 6.86. The molecular formula is C43H53FN8O3. The van der Waals surface area contributed by atoms with E-state index in [2.05, 4.69) is 46.4 Å². The predicted molar refractivity (Wildman–Crippen MR) is 212 cm³/mol. The average molecular weight is 749 g/mol. The highest BCUT2D eigenvalue weighted by atomic mass is 19.1. The van der Waals surface area contributed by atoms with E-state index in [-0.39, 0.29) is 35.6 Å². The Kier molecular flexibility index (Phi) is 9.21.